The number of carbonyl (C=O) groups is 3. The zero-order chi connectivity index (χ0) is 21.0. The van der Waals surface area contributed by atoms with Crippen LogP contribution in [-0.4, -0.2) is 43.3 Å². The molecule has 0 saturated carbocycles. The molecule has 6 N–H and O–H groups in total. The summed E-state index contributed by atoms with van der Waals surface area (Å²) in [6.45, 7) is 12.8. The lowest BCUT2D eigenvalue weighted by Crippen LogP contribution is -2.43. The van der Waals surface area contributed by atoms with E-state index in [4.69, 9.17) is 11.5 Å². The van der Waals surface area contributed by atoms with E-state index in [-0.39, 0.29) is 42.2 Å². The summed E-state index contributed by atoms with van der Waals surface area (Å²) in [5.41, 5.74) is 10.6. The van der Waals surface area contributed by atoms with Crippen molar-refractivity contribution in [1.82, 2.24) is 10.6 Å². The van der Waals surface area contributed by atoms with Crippen LogP contribution in [0, 0.1) is 5.92 Å². The van der Waals surface area contributed by atoms with Gasteiger partial charge in [-0.05, 0) is 19.3 Å². The van der Waals surface area contributed by atoms with E-state index in [2.05, 4.69) is 10.6 Å². The molecule has 0 aliphatic rings. The van der Waals surface area contributed by atoms with E-state index < -0.39 is 6.04 Å². The molecule has 0 rings (SSSR count). The first-order chi connectivity index (χ1) is 12.4. The van der Waals surface area contributed by atoms with E-state index in [0.717, 1.165) is 12.8 Å². The lowest BCUT2D eigenvalue weighted by Gasteiger charge is -2.19. The van der Waals surface area contributed by atoms with E-state index in [1.807, 2.05) is 41.5 Å². The molecule has 7 heteroatoms. The average molecular weight is 383 g/mol. The molecule has 0 aromatic rings. The van der Waals surface area contributed by atoms with Crippen LogP contribution < -0.4 is 22.1 Å². The number of carbonyl (C=O) groups excluding carboxylic acids is 3. The number of hydrogen-bond acceptors (Lipinski definition) is 5. The van der Waals surface area contributed by atoms with Crippen molar-refractivity contribution in [2.24, 2.45) is 17.4 Å². The van der Waals surface area contributed by atoms with Gasteiger partial charge in [0.25, 0.3) is 0 Å². The Bertz CT molecular complexity index is 378. The molecule has 26 heavy (non-hydrogen) atoms. The van der Waals surface area contributed by atoms with E-state index in [9.17, 15) is 14.4 Å². The lowest BCUT2D eigenvalue weighted by atomic mass is 9.97. The molecule has 0 radical (unpaired) electrons. The number of nitrogens with two attached hydrogens (primary N) is 2. The van der Waals surface area contributed by atoms with Gasteiger partial charge in [-0.2, -0.15) is 0 Å². The van der Waals surface area contributed by atoms with Crippen LogP contribution >= 0.6 is 0 Å². The van der Waals surface area contributed by atoms with Crippen LogP contribution in [0.15, 0.2) is 0 Å². The molecule has 0 fully saturated rings. The summed E-state index contributed by atoms with van der Waals surface area (Å²) in [7, 11) is 0. The highest BCUT2D eigenvalue weighted by Gasteiger charge is 2.22. The Kier molecular flexibility index (Phi) is 24.3. The first kappa shape index (κ1) is 29.3. The first-order valence-corrected chi connectivity index (χ1v) is 9.92. The molecule has 0 spiro atoms. The van der Waals surface area contributed by atoms with Crippen molar-refractivity contribution >= 4 is 17.6 Å². The van der Waals surface area contributed by atoms with Crippen molar-refractivity contribution in [3.05, 3.63) is 0 Å². The number of hydrogen-bond donors (Lipinski definition) is 4. The molecular formula is C19H50N4O3. The summed E-state index contributed by atoms with van der Waals surface area (Å²) in [4.78, 5) is 35.0. The topological polar surface area (TPSA) is 127 Å². The van der Waals surface area contributed by atoms with Crippen LogP contribution in [0.4, 0.5) is 0 Å². The van der Waals surface area contributed by atoms with Gasteiger partial charge in [0.15, 0.2) is 5.78 Å². The highest BCUT2D eigenvalue weighted by Crippen LogP contribution is 2.08. The van der Waals surface area contributed by atoms with Gasteiger partial charge in [0.1, 0.15) is 0 Å². The monoisotopic (exact) mass is 382 g/mol. The van der Waals surface area contributed by atoms with Crippen molar-refractivity contribution in [2.45, 2.75) is 79.7 Å². The van der Waals surface area contributed by atoms with Crippen molar-refractivity contribution in [3.8, 4) is 0 Å². The molecule has 1 atom stereocenters. The number of nitrogens with one attached hydrogen (secondary N) is 2. The third kappa shape index (κ3) is 17.4. The number of Topliss-reactive ketones (excluding diaryl/α,β-unsaturated/α-hetero) is 1. The number of amides is 2. The third-order valence-corrected chi connectivity index (χ3v) is 3.23. The second kappa shape index (κ2) is 21.6. The van der Waals surface area contributed by atoms with Gasteiger partial charge in [0.05, 0.1) is 6.04 Å². The zero-order valence-corrected chi connectivity index (χ0v) is 17.7. The van der Waals surface area contributed by atoms with Gasteiger partial charge in [-0.15, -0.1) is 0 Å². The number of unbranched alkanes of at least 4 members (excludes halogenated alkanes) is 1. The van der Waals surface area contributed by atoms with Crippen LogP contribution in [-0.2, 0) is 14.4 Å². The van der Waals surface area contributed by atoms with Crippen molar-refractivity contribution in [2.75, 3.05) is 19.6 Å². The summed E-state index contributed by atoms with van der Waals surface area (Å²) in [6, 6.07) is -0.473. The van der Waals surface area contributed by atoms with Crippen LogP contribution in [0.25, 0.3) is 0 Å². The van der Waals surface area contributed by atoms with Gasteiger partial charge in [-0.25, -0.2) is 0 Å². The molecule has 164 valence electrons. The van der Waals surface area contributed by atoms with Gasteiger partial charge < -0.3 is 22.1 Å². The maximum absolute atomic E-state index is 12.1. The van der Waals surface area contributed by atoms with Crippen LogP contribution in [0.5, 0.6) is 0 Å². The van der Waals surface area contributed by atoms with Crippen LogP contribution in [0.1, 0.15) is 79.4 Å². The molecule has 0 heterocycles. The molecule has 0 aliphatic heterocycles. The fourth-order valence-electron chi connectivity index (χ4n) is 2.01. The Morgan fingerprint density at radius 3 is 1.85 bits per heavy atom. The Morgan fingerprint density at radius 1 is 0.885 bits per heavy atom. The van der Waals surface area contributed by atoms with E-state index in [1.54, 1.807) is 0 Å². The fourth-order valence-corrected chi connectivity index (χ4v) is 2.01. The van der Waals surface area contributed by atoms with Gasteiger partial charge in [0, 0.05) is 44.1 Å². The van der Waals surface area contributed by atoms with Gasteiger partial charge >= 0.3 is 0 Å². The first-order valence-electron chi connectivity index (χ1n) is 9.92. The minimum absolute atomic E-state index is 0. The highest BCUT2D eigenvalue weighted by molar-refractivity contribution is 5.90. The van der Waals surface area contributed by atoms with E-state index in [1.165, 1.54) is 0 Å². The minimum atomic E-state index is -0.473. The predicted octanol–water partition coefficient (Wildman–Crippen LogP) is 2.72. The second-order valence-electron chi connectivity index (χ2n) is 5.60. The molecule has 0 aromatic heterocycles. The van der Waals surface area contributed by atoms with Crippen LogP contribution in [0.2, 0.25) is 0 Å². The summed E-state index contributed by atoms with van der Waals surface area (Å²) >= 11 is 0. The normalized spacial score (nSPS) is 10.7. The molecule has 0 aliphatic carbocycles. The lowest BCUT2D eigenvalue weighted by molar-refractivity contribution is -0.129. The Morgan fingerprint density at radius 2 is 1.38 bits per heavy atom. The molecule has 0 bridgehead atoms. The third-order valence-electron chi connectivity index (χ3n) is 3.23. The molecular weight excluding hydrogens is 332 g/mol. The Hall–Kier alpha value is -1.47. The summed E-state index contributed by atoms with van der Waals surface area (Å²) < 4.78 is 0. The smallest absolute Gasteiger partial charge is 0.221 e. The summed E-state index contributed by atoms with van der Waals surface area (Å²) in [6.07, 6.45) is 2.61. The van der Waals surface area contributed by atoms with Gasteiger partial charge in [0.2, 0.25) is 11.8 Å². The van der Waals surface area contributed by atoms with Crippen molar-refractivity contribution in [3.63, 3.8) is 0 Å². The van der Waals surface area contributed by atoms with Gasteiger partial charge in [-0.3, -0.25) is 14.4 Å². The van der Waals surface area contributed by atoms with Gasteiger partial charge in [-0.1, -0.05) is 41.5 Å². The number of ketones is 1. The molecule has 2 amide bonds. The Balaban J connectivity index is -0.000000124. The summed E-state index contributed by atoms with van der Waals surface area (Å²) in [5, 5.41) is 5.51. The van der Waals surface area contributed by atoms with E-state index >= 15 is 0 Å². The van der Waals surface area contributed by atoms with Crippen LogP contribution in [0.3, 0.4) is 0 Å². The fraction of sp³-hybridized carbons (Fsp3) is 0.842. The minimum Gasteiger partial charge on any atom is -0.356 e. The molecule has 0 aromatic carbocycles. The SMILES string of the molecule is CC.CC.CC(C)C(=O)C(CCCCNC(=O)CCN)NC(=O)CCN.[HH].[HH].[HH].[HH]. The molecule has 1 unspecified atom stereocenters. The maximum Gasteiger partial charge on any atom is 0.221 e. The summed E-state index contributed by atoms with van der Waals surface area (Å²) in [5.74, 6) is -0.365. The molecule has 0 saturated heterocycles. The van der Waals surface area contributed by atoms with E-state index in [0.29, 0.717) is 25.9 Å². The Labute approximate surface area is 166 Å². The average Bonchev–Trinajstić information content (AvgIpc) is 2.63. The highest BCUT2D eigenvalue weighted by atomic mass is 16.2. The largest absolute Gasteiger partial charge is 0.356 e. The second-order valence-corrected chi connectivity index (χ2v) is 5.60. The quantitative estimate of drug-likeness (QED) is 0.386. The predicted molar refractivity (Wildman–Crippen MR) is 117 cm³/mol. The number of rotatable bonds is 12. The molecule has 7 nitrogen and oxygen atoms in total. The maximum atomic E-state index is 12.1. The van der Waals surface area contributed by atoms with Crippen molar-refractivity contribution in [1.29, 1.82) is 0 Å². The standard InChI is InChI=1S/C15H30N4O3.2C2H6.4H2/c1-11(2)15(22)12(19-14(21)7-9-17)5-3-4-10-18-13(20)6-8-16;2*1-2;;;;/h11-12H,3-10,16-17H2,1-2H3,(H,18,20)(H,19,21);2*1-2H3;4*1H. The zero-order valence-electron chi connectivity index (χ0n) is 17.7. The van der Waals surface area contributed by atoms with Crippen molar-refractivity contribution < 1.29 is 20.1 Å².